The van der Waals surface area contributed by atoms with Gasteiger partial charge in [-0.25, -0.2) is 0 Å². The molecule has 3 rings (SSSR count). The standard InChI is InChI=1S/C20H22N2O/c21-16-22(14-13-18-11-12-18)19(20-10-5-15-23-20)9-4-8-17-6-2-1-3-7-17/h1-8,10,15,18-19H,9,11-14H2/b8-4+. The maximum atomic E-state index is 9.56. The average Bonchev–Trinajstić information content (AvgIpc) is 3.26. The second-order valence-corrected chi connectivity index (χ2v) is 6.11. The lowest BCUT2D eigenvalue weighted by atomic mass is 10.1. The van der Waals surface area contributed by atoms with Gasteiger partial charge in [0.05, 0.1) is 6.26 Å². The Labute approximate surface area is 137 Å². The highest BCUT2D eigenvalue weighted by Crippen LogP contribution is 2.34. The molecule has 1 fully saturated rings. The normalized spacial score (nSPS) is 15.4. The molecule has 1 aromatic heterocycles. The van der Waals surface area contributed by atoms with Gasteiger partial charge in [-0.1, -0.05) is 55.3 Å². The van der Waals surface area contributed by atoms with E-state index in [-0.39, 0.29) is 6.04 Å². The molecule has 0 spiro atoms. The lowest BCUT2D eigenvalue weighted by molar-refractivity contribution is 0.250. The molecule has 1 aliphatic rings. The molecular weight excluding hydrogens is 284 g/mol. The van der Waals surface area contributed by atoms with Gasteiger partial charge in [0, 0.05) is 6.54 Å². The van der Waals surface area contributed by atoms with Crippen LogP contribution in [0.15, 0.2) is 59.2 Å². The molecule has 1 saturated carbocycles. The molecule has 118 valence electrons. The van der Waals surface area contributed by atoms with E-state index in [0.29, 0.717) is 0 Å². The van der Waals surface area contributed by atoms with Crippen LogP contribution in [0.5, 0.6) is 0 Å². The zero-order chi connectivity index (χ0) is 15.9. The van der Waals surface area contributed by atoms with Crippen LogP contribution in [0.2, 0.25) is 0 Å². The molecule has 1 atom stereocenters. The van der Waals surface area contributed by atoms with Gasteiger partial charge in [0.2, 0.25) is 0 Å². The van der Waals surface area contributed by atoms with Crippen LogP contribution in [-0.2, 0) is 0 Å². The molecule has 0 amide bonds. The molecule has 0 bridgehead atoms. The summed E-state index contributed by atoms with van der Waals surface area (Å²) < 4.78 is 5.58. The van der Waals surface area contributed by atoms with Gasteiger partial charge in [-0.2, -0.15) is 5.26 Å². The Balaban J connectivity index is 1.67. The van der Waals surface area contributed by atoms with Gasteiger partial charge in [-0.05, 0) is 36.5 Å². The highest BCUT2D eigenvalue weighted by Gasteiger charge is 2.25. The summed E-state index contributed by atoms with van der Waals surface area (Å²) in [7, 11) is 0. The molecule has 23 heavy (non-hydrogen) atoms. The second-order valence-electron chi connectivity index (χ2n) is 6.11. The highest BCUT2D eigenvalue weighted by atomic mass is 16.3. The van der Waals surface area contributed by atoms with Crippen LogP contribution in [0.3, 0.4) is 0 Å². The fourth-order valence-electron chi connectivity index (χ4n) is 2.78. The lowest BCUT2D eigenvalue weighted by Crippen LogP contribution is -2.25. The minimum atomic E-state index is -0.0197. The number of nitriles is 1. The first-order chi connectivity index (χ1) is 11.4. The number of furan rings is 1. The van der Waals surface area contributed by atoms with Crippen LogP contribution in [0, 0.1) is 17.4 Å². The summed E-state index contributed by atoms with van der Waals surface area (Å²) in [6.45, 7) is 0.811. The topological polar surface area (TPSA) is 40.2 Å². The fourth-order valence-corrected chi connectivity index (χ4v) is 2.78. The van der Waals surface area contributed by atoms with E-state index >= 15 is 0 Å². The molecule has 1 aromatic carbocycles. The zero-order valence-electron chi connectivity index (χ0n) is 13.3. The molecule has 1 heterocycles. The van der Waals surface area contributed by atoms with E-state index in [0.717, 1.165) is 31.1 Å². The van der Waals surface area contributed by atoms with Gasteiger partial charge in [0.1, 0.15) is 11.8 Å². The summed E-state index contributed by atoms with van der Waals surface area (Å²) in [5.74, 6) is 1.68. The largest absolute Gasteiger partial charge is 0.467 e. The van der Waals surface area contributed by atoms with Crippen LogP contribution < -0.4 is 0 Å². The van der Waals surface area contributed by atoms with E-state index in [9.17, 15) is 5.26 Å². The van der Waals surface area contributed by atoms with Gasteiger partial charge >= 0.3 is 0 Å². The van der Waals surface area contributed by atoms with Crippen LogP contribution in [0.25, 0.3) is 6.08 Å². The van der Waals surface area contributed by atoms with E-state index in [1.165, 1.54) is 18.4 Å². The Morgan fingerprint density at radius 3 is 2.70 bits per heavy atom. The van der Waals surface area contributed by atoms with Gasteiger partial charge < -0.3 is 4.42 Å². The Bertz CT molecular complexity index is 651. The van der Waals surface area contributed by atoms with E-state index in [1.807, 2.05) is 35.2 Å². The van der Waals surface area contributed by atoms with E-state index < -0.39 is 0 Å². The summed E-state index contributed by atoms with van der Waals surface area (Å²) in [6, 6.07) is 14.1. The molecule has 3 heteroatoms. The van der Waals surface area contributed by atoms with Crippen LogP contribution >= 0.6 is 0 Å². The van der Waals surface area contributed by atoms with Crippen molar-refractivity contribution in [2.24, 2.45) is 5.92 Å². The smallest absolute Gasteiger partial charge is 0.180 e. The number of benzene rings is 1. The van der Waals surface area contributed by atoms with E-state index in [4.69, 9.17) is 4.42 Å². The molecule has 0 aliphatic heterocycles. The van der Waals surface area contributed by atoms with Gasteiger partial charge in [-0.3, -0.25) is 4.90 Å². The van der Waals surface area contributed by atoms with Crippen LogP contribution in [-0.4, -0.2) is 11.4 Å². The fraction of sp³-hybridized carbons (Fsp3) is 0.350. The summed E-state index contributed by atoms with van der Waals surface area (Å²) in [6.07, 6.45) is 12.8. The van der Waals surface area contributed by atoms with Crippen molar-refractivity contribution in [2.45, 2.75) is 31.7 Å². The summed E-state index contributed by atoms with van der Waals surface area (Å²) in [5, 5.41) is 9.56. The SMILES string of the molecule is N#CN(CCC1CC1)C(C/C=C/c1ccccc1)c1ccco1. The molecule has 0 saturated heterocycles. The Kier molecular flexibility index (Phi) is 5.16. The number of nitrogens with zero attached hydrogens (tertiary/aromatic N) is 2. The number of hydrogen-bond donors (Lipinski definition) is 0. The van der Waals surface area contributed by atoms with Crippen molar-refractivity contribution in [3.63, 3.8) is 0 Å². The van der Waals surface area contributed by atoms with Crippen LogP contribution in [0.4, 0.5) is 0 Å². The van der Waals surface area contributed by atoms with Crippen molar-refractivity contribution in [3.05, 3.63) is 66.1 Å². The van der Waals surface area contributed by atoms with Gasteiger partial charge in [0.25, 0.3) is 0 Å². The Morgan fingerprint density at radius 2 is 2.04 bits per heavy atom. The van der Waals surface area contributed by atoms with Crippen molar-refractivity contribution in [3.8, 4) is 6.19 Å². The lowest BCUT2D eigenvalue weighted by Gasteiger charge is -2.24. The predicted molar refractivity (Wildman–Crippen MR) is 91.2 cm³/mol. The molecule has 2 aromatic rings. The van der Waals surface area contributed by atoms with Crippen molar-refractivity contribution in [1.29, 1.82) is 5.26 Å². The minimum Gasteiger partial charge on any atom is -0.467 e. The van der Waals surface area contributed by atoms with Gasteiger partial charge in [0.15, 0.2) is 6.19 Å². The average molecular weight is 306 g/mol. The molecule has 1 aliphatic carbocycles. The maximum Gasteiger partial charge on any atom is 0.180 e. The molecule has 0 N–H and O–H groups in total. The third-order valence-electron chi connectivity index (χ3n) is 4.32. The molecular formula is C20H22N2O. The van der Waals surface area contributed by atoms with E-state index in [2.05, 4.69) is 30.5 Å². The second kappa shape index (κ2) is 7.69. The van der Waals surface area contributed by atoms with Crippen molar-refractivity contribution < 1.29 is 4.42 Å². The van der Waals surface area contributed by atoms with Crippen LogP contribution in [0.1, 0.15) is 43.0 Å². The quantitative estimate of drug-likeness (QED) is 0.508. The summed E-state index contributed by atoms with van der Waals surface area (Å²) in [4.78, 5) is 1.87. The monoisotopic (exact) mass is 306 g/mol. The zero-order valence-corrected chi connectivity index (χ0v) is 13.3. The molecule has 0 radical (unpaired) electrons. The first kappa shape index (κ1) is 15.4. The third kappa shape index (κ3) is 4.50. The first-order valence-electron chi connectivity index (χ1n) is 8.28. The predicted octanol–water partition coefficient (Wildman–Crippen LogP) is 5.01. The number of hydrogen-bond acceptors (Lipinski definition) is 3. The summed E-state index contributed by atoms with van der Waals surface area (Å²) in [5.41, 5.74) is 1.17. The Morgan fingerprint density at radius 1 is 1.22 bits per heavy atom. The number of rotatable bonds is 8. The first-order valence-corrected chi connectivity index (χ1v) is 8.28. The van der Waals surface area contributed by atoms with Gasteiger partial charge in [-0.15, -0.1) is 0 Å². The summed E-state index contributed by atoms with van der Waals surface area (Å²) >= 11 is 0. The van der Waals surface area contributed by atoms with Crippen molar-refractivity contribution in [1.82, 2.24) is 4.90 Å². The maximum absolute atomic E-state index is 9.56. The highest BCUT2D eigenvalue weighted by molar-refractivity contribution is 5.48. The molecule has 3 nitrogen and oxygen atoms in total. The minimum absolute atomic E-state index is 0.0197. The Hall–Kier alpha value is -2.47. The van der Waals surface area contributed by atoms with Crippen molar-refractivity contribution in [2.75, 3.05) is 6.54 Å². The van der Waals surface area contributed by atoms with Crippen molar-refractivity contribution >= 4 is 6.08 Å². The molecule has 1 unspecified atom stereocenters. The van der Waals surface area contributed by atoms with E-state index in [1.54, 1.807) is 6.26 Å². The third-order valence-corrected chi connectivity index (χ3v) is 4.32.